The van der Waals surface area contributed by atoms with Crippen molar-refractivity contribution in [2.75, 3.05) is 18.8 Å². The first-order chi connectivity index (χ1) is 9.80. The van der Waals surface area contributed by atoms with Gasteiger partial charge in [0, 0.05) is 29.7 Å². The number of halogens is 1. The van der Waals surface area contributed by atoms with Crippen molar-refractivity contribution in [3.8, 4) is 0 Å². The molecule has 1 saturated heterocycles. The number of sulfonamides is 1. The van der Waals surface area contributed by atoms with Crippen LogP contribution < -0.4 is 11.5 Å². The highest BCUT2D eigenvalue weighted by atomic mass is 79.9. The summed E-state index contributed by atoms with van der Waals surface area (Å²) in [5.41, 5.74) is 11.3. The van der Waals surface area contributed by atoms with Gasteiger partial charge < -0.3 is 11.5 Å². The van der Waals surface area contributed by atoms with Gasteiger partial charge in [0.05, 0.1) is 4.90 Å². The zero-order valence-electron chi connectivity index (χ0n) is 11.5. The molecule has 2 rings (SSSR count). The van der Waals surface area contributed by atoms with Crippen LogP contribution in [0.4, 0.5) is 5.69 Å². The highest BCUT2D eigenvalue weighted by Gasteiger charge is 2.31. The second-order valence-electron chi connectivity index (χ2n) is 5.21. The molecule has 116 valence electrons. The third-order valence-corrected chi connectivity index (χ3v) is 6.51. The van der Waals surface area contributed by atoms with E-state index in [2.05, 4.69) is 15.9 Å². The maximum absolute atomic E-state index is 12.6. The van der Waals surface area contributed by atoms with Crippen LogP contribution >= 0.6 is 15.9 Å². The van der Waals surface area contributed by atoms with Gasteiger partial charge in [-0.25, -0.2) is 8.42 Å². The van der Waals surface area contributed by atoms with Crippen molar-refractivity contribution < 1.29 is 13.2 Å². The van der Waals surface area contributed by atoms with Gasteiger partial charge in [-0.05, 0) is 52.9 Å². The van der Waals surface area contributed by atoms with E-state index in [9.17, 15) is 13.2 Å². The third-order valence-electron chi connectivity index (χ3n) is 3.64. The molecule has 0 unspecified atom stereocenters. The van der Waals surface area contributed by atoms with Gasteiger partial charge in [0.2, 0.25) is 15.9 Å². The molecule has 0 bridgehead atoms. The quantitative estimate of drug-likeness (QED) is 0.773. The van der Waals surface area contributed by atoms with E-state index >= 15 is 0 Å². The van der Waals surface area contributed by atoms with Gasteiger partial charge in [0.25, 0.3) is 0 Å². The summed E-state index contributed by atoms with van der Waals surface area (Å²) in [4.78, 5) is 11.1. The number of hydrogen-bond acceptors (Lipinski definition) is 4. The van der Waals surface area contributed by atoms with Crippen LogP contribution in [0.5, 0.6) is 0 Å². The Morgan fingerprint density at radius 2 is 1.95 bits per heavy atom. The van der Waals surface area contributed by atoms with Crippen molar-refractivity contribution >= 4 is 37.5 Å². The molecular formula is C13H18BrN3O3S. The van der Waals surface area contributed by atoms with E-state index in [1.54, 1.807) is 12.1 Å². The summed E-state index contributed by atoms with van der Waals surface area (Å²) in [6.07, 6.45) is 1.61. The van der Waals surface area contributed by atoms with Crippen LogP contribution in [0.15, 0.2) is 27.6 Å². The predicted octanol–water partition coefficient (Wildman–Crippen LogP) is 1.31. The van der Waals surface area contributed by atoms with Crippen molar-refractivity contribution in [2.24, 2.45) is 11.7 Å². The highest BCUT2D eigenvalue weighted by Crippen LogP contribution is 2.30. The molecule has 8 heteroatoms. The maximum Gasteiger partial charge on any atom is 0.244 e. The molecule has 1 aliphatic rings. The van der Waals surface area contributed by atoms with E-state index in [1.165, 1.54) is 10.4 Å². The molecule has 1 fully saturated rings. The number of hydrogen-bond donors (Lipinski definition) is 2. The van der Waals surface area contributed by atoms with Crippen LogP contribution in [0.3, 0.4) is 0 Å². The Hall–Kier alpha value is -1.12. The lowest BCUT2D eigenvalue weighted by Gasteiger charge is -2.30. The molecule has 0 spiro atoms. The fraction of sp³-hybridized carbons (Fsp3) is 0.462. The lowest BCUT2D eigenvalue weighted by molar-refractivity contribution is -0.119. The molecule has 1 heterocycles. The molecule has 1 aromatic carbocycles. The van der Waals surface area contributed by atoms with E-state index in [4.69, 9.17) is 11.5 Å². The summed E-state index contributed by atoms with van der Waals surface area (Å²) in [5, 5.41) is 0. The number of nitrogen functional groups attached to an aromatic ring is 1. The molecular weight excluding hydrogens is 358 g/mol. The summed E-state index contributed by atoms with van der Waals surface area (Å²) in [5.74, 6) is -0.165. The Morgan fingerprint density at radius 1 is 1.33 bits per heavy atom. The summed E-state index contributed by atoms with van der Waals surface area (Å²) in [7, 11) is -3.55. The van der Waals surface area contributed by atoms with Gasteiger partial charge >= 0.3 is 0 Å². The van der Waals surface area contributed by atoms with Gasteiger partial charge in [-0.15, -0.1) is 0 Å². The Bertz CT molecular complexity index is 640. The van der Waals surface area contributed by atoms with Crippen LogP contribution in [0.1, 0.15) is 19.3 Å². The normalized spacial score (nSPS) is 17.8. The van der Waals surface area contributed by atoms with Gasteiger partial charge in [-0.1, -0.05) is 0 Å². The number of benzene rings is 1. The minimum Gasteiger partial charge on any atom is -0.399 e. The Balaban J connectivity index is 2.13. The van der Waals surface area contributed by atoms with Crippen molar-refractivity contribution in [2.45, 2.75) is 24.2 Å². The number of rotatable bonds is 4. The van der Waals surface area contributed by atoms with Crippen LogP contribution in [0.2, 0.25) is 0 Å². The molecule has 1 amide bonds. The minimum absolute atomic E-state index is 0.170. The van der Waals surface area contributed by atoms with E-state index in [1.807, 2.05) is 0 Å². The molecule has 6 nitrogen and oxygen atoms in total. The zero-order chi connectivity index (χ0) is 15.6. The lowest BCUT2D eigenvalue weighted by atomic mass is 9.94. The molecule has 21 heavy (non-hydrogen) atoms. The van der Waals surface area contributed by atoms with Crippen molar-refractivity contribution in [3.63, 3.8) is 0 Å². The van der Waals surface area contributed by atoms with E-state index in [0.717, 1.165) is 0 Å². The van der Waals surface area contributed by atoms with Gasteiger partial charge in [0.15, 0.2) is 0 Å². The standard InChI is InChI=1S/C13H18BrN3O3S/c14-11-8-10(15)1-2-12(11)21(19,20)17-5-3-9(4-6-17)7-13(16)18/h1-2,8-9H,3-7,15H2,(H2,16,18). The zero-order valence-corrected chi connectivity index (χ0v) is 13.9. The molecule has 1 aromatic rings. The fourth-order valence-electron chi connectivity index (χ4n) is 2.50. The molecule has 1 aliphatic heterocycles. The molecule has 0 radical (unpaired) electrons. The largest absolute Gasteiger partial charge is 0.399 e. The number of carbonyl (C=O) groups excluding carboxylic acids is 1. The average Bonchev–Trinajstić information content (AvgIpc) is 2.38. The smallest absolute Gasteiger partial charge is 0.244 e. The molecule has 0 saturated carbocycles. The van der Waals surface area contributed by atoms with Crippen LogP contribution in [-0.4, -0.2) is 31.7 Å². The monoisotopic (exact) mass is 375 g/mol. The number of nitrogens with two attached hydrogens (primary N) is 2. The number of amides is 1. The van der Waals surface area contributed by atoms with Crippen LogP contribution in [0.25, 0.3) is 0 Å². The van der Waals surface area contributed by atoms with Crippen LogP contribution in [-0.2, 0) is 14.8 Å². The van der Waals surface area contributed by atoms with E-state index < -0.39 is 10.0 Å². The van der Waals surface area contributed by atoms with Crippen molar-refractivity contribution in [1.82, 2.24) is 4.31 Å². The Labute approximate surface area is 132 Å². The molecule has 4 N–H and O–H groups in total. The SMILES string of the molecule is NC(=O)CC1CCN(S(=O)(=O)c2ccc(N)cc2Br)CC1. The third kappa shape index (κ3) is 3.75. The van der Waals surface area contributed by atoms with E-state index in [-0.39, 0.29) is 16.7 Å². The molecule has 0 atom stereocenters. The second-order valence-corrected chi connectivity index (χ2v) is 7.97. The number of piperidine rings is 1. The predicted molar refractivity (Wildman–Crippen MR) is 83.8 cm³/mol. The minimum atomic E-state index is -3.55. The summed E-state index contributed by atoms with van der Waals surface area (Å²) in [6, 6.07) is 4.65. The average molecular weight is 376 g/mol. The molecule has 0 aromatic heterocycles. The number of primary amides is 1. The first-order valence-corrected chi connectivity index (χ1v) is 8.87. The first kappa shape index (κ1) is 16.3. The Morgan fingerprint density at radius 3 is 2.48 bits per heavy atom. The van der Waals surface area contributed by atoms with Gasteiger partial charge in [-0.3, -0.25) is 4.79 Å². The van der Waals surface area contributed by atoms with Gasteiger partial charge in [-0.2, -0.15) is 4.31 Å². The van der Waals surface area contributed by atoms with E-state index in [0.29, 0.717) is 42.5 Å². The van der Waals surface area contributed by atoms with Crippen molar-refractivity contribution in [1.29, 1.82) is 0 Å². The molecule has 0 aliphatic carbocycles. The number of anilines is 1. The fourth-order valence-corrected chi connectivity index (χ4v) is 5.03. The first-order valence-electron chi connectivity index (χ1n) is 6.64. The second kappa shape index (κ2) is 6.33. The topological polar surface area (TPSA) is 106 Å². The summed E-state index contributed by atoms with van der Waals surface area (Å²) in [6.45, 7) is 0.800. The van der Waals surface area contributed by atoms with Crippen LogP contribution in [0, 0.1) is 5.92 Å². The number of carbonyl (C=O) groups is 1. The summed E-state index contributed by atoms with van der Waals surface area (Å²) < 4.78 is 27.1. The van der Waals surface area contributed by atoms with Gasteiger partial charge in [0.1, 0.15) is 0 Å². The Kier molecular flexibility index (Phi) is 4.90. The number of nitrogens with zero attached hydrogens (tertiary/aromatic N) is 1. The summed E-state index contributed by atoms with van der Waals surface area (Å²) >= 11 is 3.25. The van der Waals surface area contributed by atoms with Crippen molar-refractivity contribution in [3.05, 3.63) is 22.7 Å². The highest BCUT2D eigenvalue weighted by molar-refractivity contribution is 9.10. The maximum atomic E-state index is 12.6. The lowest BCUT2D eigenvalue weighted by Crippen LogP contribution is -2.39.